The number of aliphatic imine (C=N–C) groups is 1. The van der Waals surface area contributed by atoms with Crippen molar-refractivity contribution in [2.75, 3.05) is 27.8 Å². The Bertz CT molecular complexity index is 962. The van der Waals surface area contributed by atoms with Crippen LogP contribution in [0.2, 0.25) is 0 Å². The number of benzene rings is 2. The standard InChI is InChI=1S/C22H28N4O2/c1-15-8-9-18-16(13-25-19(18)12-15)10-11-24-22(23-2)26-14-17-6-5-7-20(27-3)21(17)28-4/h5-9,12-13,25H,10-11,14H2,1-4H3,(H2,23,24,26). The first-order valence-corrected chi connectivity index (χ1v) is 9.37. The van der Waals surface area contributed by atoms with E-state index in [1.165, 1.54) is 22.0 Å². The SMILES string of the molecule is CN=C(NCCc1c[nH]c2cc(C)ccc12)NCc1cccc(OC)c1OC. The highest BCUT2D eigenvalue weighted by Crippen LogP contribution is 2.30. The Hall–Kier alpha value is -3.15. The molecule has 0 saturated carbocycles. The van der Waals surface area contributed by atoms with Gasteiger partial charge in [-0.05, 0) is 36.6 Å². The molecule has 1 aromatic heterocycles. The molecule has 0 unspecified atom stereocenters. The van der Waals surface area contributed by atoms with Crippen LogP contribution in [0, 0.1) is 6.92 Å². The molecule has 0 aliphatic heterocycles. The van der Waals surface area contributed by atoms with Crippen LogP contribution in [0.1, 0.15) is 16.7 Å². The van der Waals surface area contributed by atoms with Gasteiger partial charge in [0.1, 0.15) is 0 Å². The van der Waals surface area contributed by atoms with Crippen molar-refractivity contribution in [1.82, 2.24) is 15.6 Å². The lowest BCUT2D eigenvalue weighted by molar-refractivity contribution is 0.351. The summed E-state index contributed by atoms with van der Waals surface area (Å²) in [6.07, 6.45) is 3.00. The van der Waals surface area contributed by atoms with Crippen molar-refractivity contribution in [3.8, 4) is 11.5 Å². The van der Waals surface area contributed by atoms with E-state index in [1.54, 1.807) is 21.3 Å². The number of nitrogens with zero attached hydrogens (tertiary/aromatic N) is 1. The van der Waals surface area contributed by atoms with Gasteiger partial charge in [0.25, 0.3) is 0 Å². The molecule has 0 amide bonds. The second-order valence-corrected chi connectivity index (χ2v) is 6.62. The Kier molecular flexibility index (Phi) is 6.42. The summed E-state index contributed by atoms with van der Waals surface area (Å²) >= 11 is 0. The van der Waals surface area contributed by atoms with E-state index in [0.717, 1.165) is 36.0 Å². The fourth-order valence-corrected chi connectivity index (χ4v) is 3.32. The van der Waals surface area contributed by atoms with Crippen LogP contribution in [0.3, 0.4) is 0 Å². The quantitative estimate of drug-likeness (QED) is 0.434. The van der Waals surface area contributed by atoms with E-state index in [1.807, 2.05) is 18.2 Å². The lowest BCUT2D eigenvalue weighted by Gasteiger charge is -2.15. The van der Waals surface area contributed by atoms with Crippen LogP contribution in [0.4, 0.5) is 0 Å². The molecule has 6 heteroatoms. The smallest absolute Gasteiger partial charge is 0.191 e. The first-order valence-electron chi connectivity index (χ1n) is 9.37. The van der Waals surface area contributed by atoms with E-state index in [0.29, 0.717) is 6.54 Å². The van der Waals surface area contributed by atoms with Gasteiger partial charge in [-0.2, -0.15) is 0 Å². The number of ether oxygens (including phenoxy) is 2. The number of H-pyrrole nitrogens is 1. The highest BCUT2D eigenvalue weighted by molar-refractivity contribution is 5.84. The molecule has 3 rings (SSSR count). The van der Waals surface area contributed by atoms with Crippen molar-refractivity contribution in [1.29, 1.82) is 0 Å². The second kappa shape index (κ2) is 9.17. The fraction of sp³-hybridized carbons (Fsp3) is 0.318. The summed E-state index contributed by atoms with van der Waals surface area (Å²) in [7, 11) is 5.06. The first-order chi connectivity index (χ1) is 13.7. The summed E-state index contributed by atoms with van der Waals surface area (Å²) in [5.74, 6) is 2.21. The van der Waals surface area contributed by atoms with E-state index < -0.39 is 0 Å². The number of methoxy groups -OCH3 is 2. The molecular formula is C22H28N4O2. The summed E-state index contributed by atoms with van der Waals surface area (Å²) in [5.41, 5.74) is 4.75. The highest BCUT2D eigenvalue weighted by atomic mass is 16.5. The molecule has 6 nitrogen and oxygen atoms in total. The monoisotopic (exact) mass is 380 g/mol. The van der Waals surface area contributed by atoms with Crippen LogP contribution in [0.15, 0.2) is 47.6 Å². The van der Waals surface area contributed by atoms with Gasteiger partial charge in [0, 0.05) is 42.8 Å². The van der Waals surface area contributed by atoms with Gasteiger partial charge in [0.05, 0.1) is 14.2 Å². The highest BCUT2D eigenvalue weighted by Gasteiger charge is 2.10. The molecule has 0 aliphatic rings. The maximum absolute atomic E-state index is 5.48. The van der Waals surface area contributed by atoms with Crippen LogP contribution >= 0.6 is 0 Å². The maximum Gasteiger partial charge on any atom is 0.191 e. The molecule has 3 aromatic rings. The van der Waals surface area contributed by atoms with Gasteiger partial charge in [-0.3, -0.25) is 4.99 Å². The molecule has 3 N–H and O–H groups in total. The van der Waals surface area contributed by atoms with Crippen molar-refractivity contribution < 1.29 is 9.47 Å². The summed E-state index contributed by atoms with van der Waals surface area (Å²) in [6, 6.07) is 12.4. The van der Waals surface area contributed by atoms with Crippen molar-refractivity contribution in [2.24, 2.45) is 4.99 Å². The number of guanidine groups is 1. The average molecular weight is 380 g/mol. The Morgan fingerprint density at radius 3 is 2.68 bits per heavy atom. The number of nitrogens with one attached hydrogen (secondary N) is 3. The molecule has 0 bridgehead atoms. The number of hydrogen-bond donors (Lipinski definition) is 3. The fourth-order valence-electron chi connectivity index (χ4n) is 3.32. The molecular weight excluding hydrogens is 352 g/mol. The van der Waals surface area contributed by atoms with Crippen LogP contribution in [0.5, 0.6) is 11.5 Å². The first kappa shape index (κ1) is 19.6. The minimum Gasteiger partial charge on any atom is -0.493 e. The molecule has 0 radical (unpaired) electrons. The van der Waals surface area contributed by atoms with Gasteiger partial charge >= 0.3 is 0 Å². The van der Waals surface area contributed by atoms with E-state index in [9.17, 15) is 0 Å². The lowest BCUT2D eigenvalue weighted by Crippen LogP contribution is -2.37. The van der Waals surface area contributed by atoms with Gasteiger partial charge in [-0.25, -0.2) is 0 Å². The number of fused-ring (bicyclic) bond motifs is 1. The number of rotatable bonds is 7. The lowest BCUT2D eigenvalue weighted by atomic mass is 10.1. The molecule has 2 aromatic carbocycles. The molecule has 0 aliphatic carbocycles. The van der Waals surface area contributed by atoms with E-state index >= 15 is 0 Å². The number of hydrogen-bond acceptors (Lipinski definition) is 3. The van der Waals surface area contributed by atoms with Crippen molar-refractivity contribution >= 4 is 16.9 Å². The number of para-hydroxylation sites is 1. The zero-order valence-electron chi connectivity index (χ0n) is 16.9. The van der Waals surface area contributed by atoms with Gasteiger partial charge < -0.3 is 25.1 Å². The topological polar surface area (TPSA) is 70.7 Å². The third-order valence-electron chi connectivity index (χ3n) is 4.76. The predicted molar refractivity (Wildman–Crippen MR) is 114 cm³/mol. The minimum absolute atomic E-state index is 0.590. The maximum atomic E-state index is 5.48. The zero-order valence-corrected chi connectivity index (χ0v) is 16.9. The predicted octanol–water partition coefficient (Wildman–Crippen LogP) is 3.40. The third-order valence-corrected chi connectivity index (χ3v) is 4.76. The zero-order chi connectivity index (χ0) is 19.9. The average Bonchev–Trinajstić information content (AvgIpc) is 3.11. The van der Waals surface area contributed by atoms with E-state index in [-0.39, 0.29) is 0 Å². The van der Waals surface area contributed by atoms with Crippen LogP contribution < -0.4 is 20.1 Å². The van der Waals surface area contributed by atoms with Crippen LogP contribution in [-0.2, 0) is 13.0 Å². The van der Waals surface area contributed by atoms with E-state index in [2.05, 4.69) is 51.9 Å². The Labute approximate surface area is 166 Å². The number of aromatic amines is 1. The number of aryl methyl sites for hydroxylation is 1. The summed E-state index contributed by atoms with van der Waals surface area (Å²) < 4.78 is 10.8. The summed E-state index contributed by atoms with van der Waals surface area (Å²) in [5, 5.41) is 7.98. The normalized spacial score (nSPS) is 11.5. The number of aromatic nitrogens is 1. The molecule has 1 heterocycles. The van der Waals surface area contributed by atoms with Crippen molar-refractivity contribution in [3.05, 3.63) is 59.3 Å². The van der Waals surface area contributed by atoms with Gasteiger partial charge in [0.2, 0.25) is 0 Å². The molecule has 0 saturated heterocycles. The third kappa shape index (κ3) is 4.39. The van der Waals surface area contributed by atoms with Crippen LogP contribution in [-0.4, -0.2) is 38.8 Å². The Morgan fingerprint density at radius 1 is 1.07 bits per heavy atom. The molecule has 0 fully saturated rings. The van der Waals surface area contributed by atoms with Crippen LogP contribution in [0.25, 0.3) is 10.9 Å². The molecule has 0 atom stereocenters. The second-order valence-electron chi connectivity index (χ2n) is 6.62. The van der Waals surface area contributed by atoms with Gasteiger partial charge in [0.15, 0.2) is 17.5 Å². The van der Waals surface area contributed by atoms with Gasteiger partial charge in [-0.1, -0.05) is 24.3 Å². The molecule has 28 heavy (non-hydrogen) atoms. The molecule has 0 spiro atoms. The Morgan fingerprint density at radius 2 is 1.93 bits per heavy atom. The minimum atomic E-state index is 0.590. The van der Waals surface area contributed by atoms with E-state index in [4.69, 9.17) is 9.47 Å². The molecule has 148 valence electrons. The van der Waals surface area contributed by atoms with Gasteiger partial charge in [-0.15, -0.1) is 0 Å². The summed E-state index contributed by atoms with van der Waals surface area (Å²) in [6.45, 7) is 3.48. The van der Waals surface area contributed by atoms with Crippen molar-refractivity contribution in [3.63, 3.8) is 0 Å². The van der Waals surface area contributed by atoms with Crippen molar-refractivity contribution in [2.45, 2.75) is 19.9 Å². The summed E-state index contributed by atoms with van der Waals surface area (Å²) in [4.78, 5) is 7.66. The largest absolute Gasteiger partial charge is 0.493 e. The Balaban J connectivity index is 1.57.